The minimum Gasteiger partial charge on any atom is -0.379 e. The molecule has 0 saturated carbocycles. The van der Waals surface area contributed by atoms with Gasteiger partial charge in [-0.25, -0.2) is 4.57 Å². The van der Waals surface area contributed by atoms with Crippen LogP contribution < -0.4 is 0 Å². The van der Waals surface area contributed by atoms with Gasteiger partial charge in [-0.2, -0.15) is 0 Å². The highest BCUT2D eigenvalue weighted by atomic mass is 32.7. The van der Waals surface area contributed by atoms with E-state index >= 15 is 0 Å². The summed E-state index contributed by atoms with van der Waals surface area (Å²) in [6.07, 6.45) is 0. The first kappa shape index (κ1) is 11.4. The van der Waals surface area contributed by atoms with Crippen LogP contribution in [0.3, 0.4) is 0 Å². The highest BCUT2D eigenvalue weighted by Crippen LogP contribution is 2.50. The van der Waals surface area contributed by atoms with Crippen molar-refractivity contribution in [3.05, 3.63) is 0 Å². The van der Waals surface area contributed by atoms with E-state index in [0.717, 1.165) is 0 Å². The van der Waals surface area contributed by atoms with Gasteiger partial charge in [0, 0.05) is 6.61 Å². The lowest BCUT2D eigenvalue weighted by Gasteiger charge is -2.02. The molecule has 0 aliphatic rings. The van der Waals surface area contributed by atoms with Crippen LogP contribution in [-0.2, 0) is 13.5 Å². The number of hydrogen-bond acceptors (Lipinski definition) is 4. The van der Waals surface area contributed by atoms with Gasteiger partial charge in [-0.1, -0.05) is 0 Å². The Kier molecular flexibility index (Phi) is 6.22. The minimum absolute atomic E-state index is 0.171. The third-order valence-electron chi connectivity index (χ3n) is 0.665. The van der Waals surface area contributed by atoms with Crippen LogP contribution in [0.5, 0.6) is 0 Å². The normalized spacial score (nSPS) is 11.9. The lowest BCUT2D eigenvalue weighted by molar-refractivity contribution is 0.118. The second-order valence-electron chi connectivity index (χ2n) is 1.58. The van der Waals surface area contributed by atoms with Crippen molar-refractivity contribution in [3.8, 4) is 0 Å². The fourth-order valence-corrected chi connectivity index (χ4v) is 1.26. The fraction of sp³-hybridized carbons (Fsp3) is 1.00. The summed E-state index contributed by atoms with van der Waals surface area (Å²) in [6, 6.07) is 0. The van der Waals surface area contributed by atoms with Crippen LogP contribution in [-0.4, -0.2) is 29.6 Å². The van der Waals surface area contributed by atoms with Crippen LogP contribution in [0.4, 0.5) is 0 Å². The molecule has 0 aromatic rings. The van der Waals surface area contributed by atoms with E-state index in [1.54, 1.807) is 0 Å². The largest absolute Gasteiger partial charge is 0.410 e. The van der Waals surface area contributed by atoms with E-state index in [-0.39, 0.29) is 18.3 Å². The van der Waals surface area contributed by atoms with Crippen molar-refractivity contribution < 1.29 is 23.3 Å². The SMILES string of the molecule is CCOCCOSP(=O)(O)O. The first-order valence-corrected chi connectivity index (χ1v) is 5.96. The van der Waals surface area contributed by atoms with Crippen molar-refractivity contribution in [2.75, 3.05) is 19.8 Å². The highest BCUT2D eigenvalue weighted by molar-refractivity contribution is 8.52. The summed E-state index contributed by atoms with van der Waals surface area (Å²) in [7, 11) is 0. The summed E-state index contributed by atoms with van der Waals surface area (Å²) >= 11 is 0.171. The number of rotatable bonds is 6. The van der Waals surface area contributed by atoms with Crippen LogP contribution in [0.1, 0.15) is 6.92 Å². The molecule has 2 N–H and O–H groups in total. The monoisotopic (exact) mass is 202 g/mol. The standard InChI is InChI=1S/C4H11O5PS/c1-2-8-3-4-9-11-10(5,6)7/h2-4H2,1H3,(H2,5,6,7). The number of hydrogen-bond donors (Lipinski definition) is 2. The Hall–Kier alpha value is 0.420. The van der Waals surface area contributed by atoms with Crippen molar-refractivity contribution >= 4 is 18.5 Å². The van der Waals surface area contributed by atoms with Crippen LogP contribution in [0, 0.1) is 0 Å². The quantitative estimate of drug-likeness (QED) is 0.376. The summed E-state index contributed by atoms with van der Waals surface area (Å²) < 4.78 is 19.5. The molecule has 0 bridgehead atoms. The predicted octanol–water partition coefficient (Wildman–Crippen LogP) is 0.780. The third kappa shape index (κ3) is 10.4. The van der Waals surface area contributed by atoms with E-state index in [0.29, 0.717) is 13.2 Å². The van der Waals surface area contributed by atoms with Gasteiger partial charge in [-0.05, 0) is 6.92 Å². The zero-order valence-electron chi connectivity index (χ0n) is 6.10. The molecule has 0 amide bonds. The third-order valence-corrected chi connectivity index (χ3v) is 2.03. The summed E-state index contributed by atoms with van der Waals surface area (Å²) in [5.74, 6) is 0. The van der Waals surface area contributed by atoms with Crippen LogP contribution in [0.2, 0.25) is 0 Å². The molecule has 0 unspecified atom stereocenters. The highest BCUT2D eigenvalue weighted by Gasteiger charge is 2.14. The molecule has 0 rings (SSSR count). The molecule has 0 atom stereocenters. The molecule has 0 saturated heterocycles. The molecule has 0 aromatic heterocycles. The average Bonchev–Trinajstić information content (AvgIpc) is 1.85. The second-order valence-corrected chi connectivity index (χ2v) is 4.82. The molecule has 7 heteroatoms. The van der Waals surface area contributed by atoms with Gasteiger partial charge >= 0.3 is 6.80 Å². The molecule has 0 aliphatic carbocycles. The van der Waals surface area contributed by atoms with Crippen molar-refractivity contribution in [2.24, 2.45) is 0 Å². The van der Waals surface area contributed by atoms with E-state index < -0.39 is 6.80 Å². The minimum atomic E-state index is -4.08. The van der Waals surface area contributed by atoms with Crippen molar-refractivity contribution in [2.45, 2.75) is 6.92 Å². The molecule has 11 heavy (non-hydrogen) atoms. The number of ether oxygens (including phenoxy) is 1. The van der Waals surface area contributed by atoms with Gasteiger partial charge < -0.3 is 18.7 Å². The van der Waals surface area contributed by atoms with Gasteiger partial charge in [0.1, 0.15) is 11.7 Å². The Bertz CT molecular complexity index is 134. The molecule has 0 radical (unpaired) electrons. The van der Waals surface area contributed by atoms with Gasteiger partial charge in [0.25, 0.3) is 0 Å². The maximum absolute atomic E-state index is 10.2. The van der Waals surface area contributed by atoms with Gasteiger partial charge in [0.15, 0.2) is 0 Å². The molecule has 0 aromatic carbocycles. The Morgan fingerprint density at radius 1 is 1.45 bits per heavy atom. The maximum Gasteiger partial charge on any atom is 0.410 e. The first-order valence-electron chi connectivity index (χ1n) is 3.00. The molecule has 0 spiro atoms. The lowest BCUT2D eigenvalue weighted by atomic mass is 10.8. The summed E-state index contributed by atoms with van der Waals surface area (Å²) in [4.78, 5) is 16.6. The van der Waals surface area contributed by atoms with Gasteiger partial charge in [0.2, 0.25) is 0 Å². The summed E-state index contributed by atoms with van der Waals surface area (Å²) in [5, 5.41) is 0. The van der Waals surface area contributed by atoms with Crippen molar-refractivity contribution in [3.63, 3.8) is 0 Å². The van der Waals surface area contributed by atoms with Gasteiger partial charge in [0.05, 0.1) is 13.2 Å². The van der Waals surface area contributed by atoms with Crippen molar-refractivity contribution in [1.82, 2.24) is 0 Å². The zero-order chi connectivity index (χ0) is 8.74. The smallest absolute Gasteiger partial charge is 0.379 e. The summed E-state index contributed by atoms with van der Waals surface area (Å²) in [6.45, 7) is -1.14. The van der Waals surface area contributed by atoms with E-state index in [1.165, 1.54) is 0 Å². The molecular weight excluding hydrogens is 191 g/mol. The second kappa shape index (κ2) is 5.99. The Labute approximate surface area is 69.2 Å². The Balaban J connectivity index is 3.09. The molecule has 0 fully saturated rings. The van der Waals surface area contributed by atoms with E-state index in [4.69, 9.17) is 14.5 Å². The van der Waals surface area contributed by atoms with Crippen molar-refractivity contribution in [1.29, 1.82) is 0 Å². The molecule has 0 heterocycles. The molecular formula is C4H11O5PS. The van der Waals surface area contributed by atoms with Crippen LogP contribution in [0.25, 0.3) is 0 Å². The van der Waals surface area contributed by atoms with Gasteiger partial charge in [-0.15, -0.1) is 0 Å². The Morgan fingerprint density at radius 3 is 2.55 bits per heavy atom. The maximum atomic E-state index is 10.2. The van der Waals surface area contributed by atoms with Crippen LogP contribution >= 0.6 is 18.5 Å². The first-order chi connectivity index (χ1) is 5.06. The van der Waals surface area contributed by atoms with Crippen LogP contribution in [0.15, 0.2) is 0 Å². The molecule has 0 aliphatic heterocycles. The molecule has 68 valence electrons. The summed E-state index contributed by atoms with van der Waals surface area (Å²) in [5.41, 5.74) is 0. The van der Waals surface area contributed by atoms with Gasteiger partial charge in [-0.3, -0.25) is 0 Å². The van der Waals surface area contributed by atoms with E-state index in [9.17, 15) is 4.57 Å². The fourth-order valence-electron chi connectivity index (χ4n) is 0.343. The zero-order valence-corrected chi connectivity index (χ0v) is 7.81. The van der Waals surface area contributed by atoms with E-state index in [1.807, 2.05) is 6.92 Å². The topological polar surface area (TPSA) is 76.0 Å². The van der Waals surface area contributed by atoms with E-state index in [2.05, 4.69) is 4.18 Å². The lowest BCUT2D eigenvalue weighted by Crippen LogP contribution is -1.99. The average molecular weight is 202 g/mol. The molecule has 5 nitrogen and oxygen atoms in total. The Morgan fingerprint density at radius 2 is 2.09 bits per heavy atom. The predicted molar refractivity (Wildman–Crippen MR) is 42.1 cm³/mol.